The van der Waals surface area contributed by atoms with Crippen molar-refractivity contribution in [1.29, 1.82) is 0 Å². The summed E-state index contributed by atoms with van der Waals surface area (Å²) >= 11 is 0. The van der Waals surface area contributed by atoms with Crippen LogP contribution >= 0.6 is 0 Å². The molecule has 0 saturated carbocycles. The van der Waals surface area contributed by atoms with Crippen LogP contribution in [0.5, 0.6) is 0 Å². The highest BCUT2D eigenvalue weighted by molar-refractivity contribution is 5.96. The van der Waals surface area contributed by atoms with Crippen molar-refractivity contribution in [1.82, 2.24) is 0 Å². The standard InChI is InChI=1S/C22H22/c1-5-8-19-17(4)22(21-10-7-6-9-20(19)21)14-18-12-15(2)11-16(3)13-18/h5-7,9-14,19H,1,4,8H2,2-3H3/b22-14+. The van der Waals surface area contributed by atoms with Gasteiger partial charge in [-0.3, -0.25) is 0 Å². The monoisotopic (exact) mass is 286 g/mol. The lowest BCUT2D eigenvalue weighted by Gasteiger charge is -2.09. The van der Waals surface area contributed by atoms with Gasteiger partial charge in [0.15, 0.2) is 0 Å². The smallest absolute Gasteiger partial charge is 0.0130 e. The van der Waals surface area contributed by atoms with E-state index >= 15 is 0 Å². The van der Waals surface area contributed by atoms with Gasteiger partial charge in [-0.1, -0.05) is 66.2 Å². The average molecular weight is 286 g/mol. The number of hydrogen-bond acceptors (Lipinski definition) is 0. The third kappa shape index (κ3) is 2.57. The van der Waals surface area contributed by atoms with E-state index in [4.69, 9.17) is 0 Å². The number of allylic oxidation sites excluding steroid dienone is 3. The van der Waals surface area contributed by atoms with Crippen LogP contribution in [0.3, 0.4) is 0 Å². The van der Waals surface area contributed by atoms with Crippen LogP contribution in [0.2, 0.25) is 0 Å². The fourth-order valence-corrected chi connectivity index (χ4v) is 3.46. The van der Waals surface area contributed by atoms with Crippen molar-refractivity contribution in [3.63, 3.8) is 0 Å². The second-order valence-corrected chi connectivity index (χ2v) is 6.17. The molecule has 0 heteroatoms. The summed E-state index contributed by atoms with van der Waals surface area (Å²) in [6.45, 7) is 12.6. The van der Waals surface area contributed by atoms with E-state index in [1.54, 1.807) is 0 Å². The zero-order valence-electron chi connectivity index (χ0n) is 13.4. The van der Waals surface area contributed by atoms with Crippen molar-refractivity contribution in [3.05, 3.63) is 95.1 Å². The first-order valence-electron chi connectivity index (χ1n) is 7.79. The molecule has 1 unspecified atom stereocenters. The maximum absolute atomic E-state index is 4.38. The minimum Gasteiger partial charge on any atom is -0.103 e. The summed E-state index contributed by atoms with van der Waals surface area (Å²) < 4.78 is 0. The van der Waals surface area contributed by atoms with E-state index in [0.717, 1.165) is 6.42 Å². The van der Waals surface area contributed by atoms with Gasteiger partial charge in [0.25, 0.3) is 0 Å². The Morgan fingerprint density at radius 2 is 1.73 bits per heavy atom. The second kappa shape index (κ2) is 5.81. The lowest BCUT2D eigenvalue weighted by Crippen LogP contribution is -1.93. The Hall–Kier alpha value is -2.34. The second-order valence-electron chi connectivity index (χ2n) is 6.17. The molecule has 0 heterocycles. The molecule has 1 atom stereocenters. The van der Waals surface area contributed by atoms with E-state index in [9.17, 15) is 0 Å². The Kier molecular flexibility index (Phi) is 3.85. The lowest BCUT2D eigenvalue weighted by molar-refractivity contribution is 0.860. The molecule has 0 nitrogen and oxygen atoms in total. The average Bonchev–Trinajstić information content (AvgIpc) is 2.73. The normalized spacial score (nSPS) is 18.5. The largest absolute Gasteiger partial charge is 0.103 e. The Morgan fingerprint density at radius 3 is 2.41 bits per heavy atom. The molecular weight excluding hydrogens is 264 g/mol. The number of benzene rings is 2. The van der Waals surface area contributed by atoms with E-state index < -0.39 is 0 Å². The van der Waals surface area contributed by atoms with E-state index in [2.05, 4.69) is 75.5 Å². The van der Waals surface area contributed by atoms with Crippen LogP contribution in [0.4, 0.5) is 0 Å². The molecule has 0 spiro atoms. The Bertz CT molecular complexity index is 754. The molecule has 0 radical (unpaired) electrons. The number of fused-ring (bicyclic) bond motifs is 1. The molecule has 1 aliphatic rings. The summed E-state index contributed by atoms with van der Waals surface area (Å²) in [4.78, 5) is 0. The maximum Gasteiger partial charge on any atom is 0.0130 e. The number of aryl methyl sites for hydroxylation is 2. The molecular formula is C22H22. The summed E-state index contributed by atoms with van der Waals surface area (Å²) in [5.74, 6) is 0.367. The van der Waals surface area contributed by atoms with Gasteiger partial charge in [0.05, 0.1) is 0 Å². The van der Waals surface area contributed by atoms with Crippen LogP contribution in [0.15, 0.2) is 67.3 Å². The molecule has 0 aliphatic heterocycles. The Labute approximate surface area is 133 Å². The fourth-order valence-electron chi connectivity index (χ4n) is 3.46. The highest BCUT2D eigenvalue weighted by atomic mass is 14.3. The van der Waals surface area contributed by atoms with Crippen LogP contribution in [0.1, 0.15) is 40.2 Å². The van der Waals surface area contributed by atoms with Gasteiger partial charge in [-0.2, -0.15) is 0 Å². The molecule has 3 rings (SSSR count). The Morgan fingerprint density at radius 1 is 1.05 bits per heavy atom. The van der Waals surface area contributed by atoms with E-state index in [1.807, 2.05) is 6.08 Å². The first kappa shape index (κ1) is 14.6. The molecule has 0 bridgehead atoms. The molecule has 2 aromatic carbocycles. The van der Waals surface area contributed by atoms with E-state index in [0.29, 0.717) is 5.92 Å². The first-order chi connectivity index (χ1) is 10.6. The third-order valence-electron chi connectivity index (χ3n) is 4.35. The molecule has 0 fully saturated rings. The van der Waals surface area contributed by atoms with Crippen LogP contribution in [-0.2, 0) is 0 Å². The zero-order valence-corrected chi connectivity index (χ0v) is 13.4. The van der Waals surface area contributed by atoms with Crippen molar-refractivity contribution < 1.29 is 0 Å². The first-order valence-corrected chi connectivity index (χ1v) is 7.79. The highest BCUT2D eigenvalue weighted by Gasteiger charge is 2.28. The molecule has 0 saturated heterocycles. The molecule has 0 amide bonds. The van der Waals surface area contributed by atoms with Gasteiger partial charge >= 0.3 is 0 Å². The maximum atomic E-state index is 4.38. The van der Waals surface area contributed by atoms with Gasteiger partial charge < -0.3 is 0 Å². The van der Waals surface area contributed by atoms with Crippen molar-refractivity contribution in [3.8, 4) is 0 Å². The summed E-state index contributed by atoms with van der Waals surface area (Å²) in [5, 5.41) is 0. The molecule has 22 heavy (non-hydrogen) atoms. The van der Waals surface area contributed by atoms with Gasteiger partial charge in [0, 0.05) is 5.92 Å². The van der Waals surface area contributed by atoms with Crippen LogP contribution < -0.4 is 0 Å². The summed E-state index contributed by atoms with van der Waals surface area (Å²) in [6.07, 6.45) is 5.22. The summed E-state index contributed by atoms with van der Waals surface area (Å²) in [7, 11) is 0. The van der Waals surface area contributed by atoms with Crippen LogP contribution in [-0.4, -0.2) is 0 Å². The number of hydrogen-bond donors (Lipinski definition) is 0. The highest BCUT2D eigenvalue weighted by Crippen LogP contribution is 2.47. The van der Waals surface area contributed by atoms with Crippen molar-refractivity contribution in [2.24, 2.45) is 0 Å². The minimum absolute atomic E-state index is 0.367. The van der Waals surface area contributed by atoms with E-state index in [1.165, 1.54) is 39.0 Å². The number of rotatable bonds is 3. The fraction of sp³-hybridized carbons (Fsp3) is 0.182. The van der Waals surface area contributed by atoms with Gasteiger partial charge in [0.1, 0.15) is 0 Å². The van der Waals surface area contributed by atoms with Gasteiger partial charge in [0.2, 0.25) is 0 Å². The van der Waals surface area contributed by atoms with Crippen LogP contribution in [0, 0.1) is 13.8 Å². The zero-order chi connectivity index (χ0) is 15.7. The SMILES string of the molecule is C=CCC1C(=C)/C(=C\c2cc(C)cc(C)c2)c2ccccc21. The van der Waals surface area contributed by atoms with Gasteiger partial charge in [-0.15, -0.1) is 6.58 Å². The van der Waals surface area contributed by atoms with Crippen molar-refractivity contribution >= 4 is 11.6 Å². The van der Waals surface area contributed by atoms with Crippen molar-refractivity contribution in [2.75, 3.05) is 0 Å². The van der Waals surface area contributed by atoms with Crippen molar-refractivity contribution in [2.45, 2.75) is 26.2 Å². The van der Waals surface area contributed by atoms with Crippen LogP contribution in [0.25, 0.3) is 11.6 Å². The minimum atomic E-state index is 0.367. The molecule has 110 valence electrons. The van der Waals surface area contributed by atoms with Gasteiger partial charge in [-0.05, 0) is 54.2 Å². The topological polar surface area (TPSA) is 0 Å². The predicted molar refractivity (Wildman–Crippen MR) is 96.9 cm³/mol. The Balaban J connectivity index is 2.12. The molecule has 2 aromatic rings. The quantitative estimate of drug-likeness (QED) is 0.600. The molecule has 0 N–H and O–H groups in total. The summed E-state index contributed by atoms with van der Waals surface area (Å²) in [6, 6.07) is 15.3. The predicted octanol–water partition coefficient (Wildman–Crippen LogP) is 6.07. The van der Waals surface area contributed by atoms with E-state index in [-0.39, 0.29) is 0 Å². The van der Waals surface area contributed by atoms with Gasteiger partial charge in [-0.25, -0.2) is 0 Å². The molecule has 1 aliphatic carbocycles. The third-order valence-corrected chi connectivity index (χ3v) is 4.35. The molecule has 0 aromatic heterocycles. The summed E-state index contributed by atoms with van der Waals surface area (Å²) in [5.41, 5.74) is 9.02. The lowest BCUT2D eigenvalue weighted by atomic mass is 9.94.